The number of anilines is 1. The van der Waals surface area contributed by atoms with E-state index in [2.05, 4.69) is 17.6 Å². The Morgan fingerprint density at radius 2 is 1.68 bits per heavy atom. The van der Waals surface area contributed by atoms with Gasteiger partial charge in [-0.1, -0.05) is 49.4 Å². The fourth-order valence-electron chi connectivity index (χ4n) is 4.03. The lowest BCUT2D eigenvalue weighted by atomic mass is 10.1. The van der Waals surface area contributed by atoms with Gasteiger partial charge < -0.3 is 15.2 Å². The third-order valence-electron chi connectivity index (χ3n) is 5.93. The van der Waals surface area contributed by atoms with Crippen molar-refractivity contribution in [2.75, 3.05) is 11.9 Å². The summed E-state index contributed by atoms with van der Waals surface area (Å²) >= 11 is 0. The first-order chi connectivity index (χ1) is 16.5. The first-order valence-electron chi connectivity index (χ1n) is 11.7. The molecule has 0 radical (unpaired) electrons. The van der Waals surface area contributed by atoms with Crippen LogP contribution in [0.4, 0.5) is 5.69 Å². The minimum absolute atomic E-state index is 0.0694. The largest absolute Gasteiger partial charge is 0.352 e. The zero-order valence-electron chi connectivity index (χ0n) is 19.7. The maximum absolute atomic E-state index is 12.8. The average Bonchev–Trinajstić information content (AvgIpc) is 3.19. The molecule has 6 heteroatoms. The molecule has 0 unspecified atom stereocenters. The van der Waals surface area contributed by atoms with E-state index in [0.29, 0.717) is 18.5 Å². The Labute approximate surface area is 200 Å². The van der Waals surface area contributed by atoms with E-state index < -0.39 is 0 Å². The monoisotopic (exact) mass is 454 g/mol. The molecular weight excluding hydrogens is 424 g/mol. The maximum atomic E-state index is 12.8. The molecule has 34 heavy (non-hydrogen) atoms. The standard InChI is InChI=1S/C28H30N4O2/c1-3-21-14-16-22(17-15-21)30-27(33)19-32-25-12-7-6-11-24(25)31-26(32)13-8-18-29-28(34)23-10-5-4-9-20(23)2/h4-7,9-12,14-17H,3,8,13,18-19H2,1-2H3,(H,29,34)(H,30,33). The van der Waals surface area contributed by atoms with Gasteiger partial charge in [-0.25, -0.2) is 4.98 Å². The minimum Gasteiger partial charge on any atom is -0.352 e. The Balaban J connectivity index is 1.41. The number of rotatable bonds is 9. The predicted molar refractivity (Wildman–Crippen MR) is 136 cm³/mol. The Bertz CT molecular complexity index is 1290. The molecule has 6 nitrogen and oxygen atoms in total. The van der Waals surface area contributed by atoms with Gasteiger partial charge in [0.05, 0.1) is 11.0 Å². The summed E-state index contributed by atoms with van der Waals surface area (Å²) < 4.78 is 1.97. The molecule has 1 heterocycles. The molecule has 0 saturated heterocycles. The average molecular weight is 455 g/mol. The Hall–Kier alpha value is -3.93. The van der Waals surface area contributed by atoms with Crippen LogP contribution < -0.4 is 10.6 Å². The quantitative estimate of drug-likeness (QED) is 0.353. The normalized spacial score (nSPS) is 10.9. The number of nitrogens with zero attached hydrogens (tertiary/aromatic N) is 2. The van der Waals surface area contributed by atoms with Crippen LogP contribution in [0.2, 0.25) is 0 Å². The maximum Gasteiger partial charge on any atom is 0.251 e. The molecule has 0 fully saturated rings. The second-order valence-electron chi connectivity index (χ2n) is 8.38. The van der Waals surface area contributed by atoms with Crippen LogP contribution in [0.1, 0.15) is 40.7 Å². The van der Waals surface area contributed by atoms with Gasteiger partial charge in [-0.05, 0) is 61.2 Å². The summed E-state index contributed by atoms with van der Waals surface area (Å²) in [7, 11) is 0. The predicted octanol–water partition coefficient (Wildman–Crippen LogP) is 4.91. The van der Waals surface area contributed by atoms with Gasteiger partial charge in [0.25, 0.3) is 5.91 Å². The highest BCUT2D eigenvalue weighted by Gasteiger charge is 2.14. The van der Waals surface area contributed by atoms with Crippen molar-refractivity contribution in [3.05, 3.63) is 95.3 Å². The fourth-order valence-corrected chi connectivity index (χ4v) is 4.03. The third-order valence-corrected chi connectivity index (χ3v) is 5.93. The van der Waals surface area contributed by atoms with Crippen molar-refractivity contribution in [2.45, 2.75) is 39.7 Å². The molecule has 174 valence electrons. The number of hydrogen-bond donors (Lipinski definition) is 2. The van der Waals surface area contributed by atoms with Crippen LogP contribution >= 0.6 is 0 Å². The highest BCUT2D eigenvalue weighted by Crippen LogP contribution is 2.18. The second-order valence-corrected chi connectivity index (χ2v) is 8.38. The summed E-state index contributed by atoms with van der Waals surface area (Å²) in [5.41, 5.74) is 5.46. The summed E-state index contributed by atoms with van der Waals surface area (Å²) in [5.74, 6) is 0.671. The van der Waals surface area contributed by atoms with Crippen LogP contribution in [0, 0.1) is 6.92 Å². The van der Waals surface area contributed by atoms with Crippen molar-refractivity contribution in [2.24, 2.45) is 0 Å². The van der Waals surface area contributed by atoms with Crippen molar-refractivity contribution in [1.29, 1.82) is 0 Å². The van der Waals surface area contributed by atoms with Crippen molar-refractivity contribution in [3.63, 3.8) is 0 Å². The topological polar surface area (TPSA) is 76.0 Å². The molecular formula is C28H30N4O2. The van der Waals surface area contributed by atoms with Crippen LogP contribution in [0.3, 0.4) is 0 Å². The fraction of sp³-hybridized carbons (Fsp3) is 0.250. The number of amides is 2. The van der Waals surface area contributed by atoms with Gasteiger partial charge in [-0.2, -0.15) is 0 Å². The summed E-state index contributed by atoms with van der Waals surface area (Å²) in [5, 5.41) is 5.98. The zero-order chi connectivity index (χ0) is 23.9. The Morgan fingerprint density at radius 3 is 2.44 bits per heavy atom. The molecule has 0 aliphatic carbocycles. The molecule has 3 aromatic carbocycles. The van der Waals surface area contributed by atoms with Crippen LogP contribution in [0.5, 0.6) is 0 Å². The molecule has 0 atom stereocenters. The molecule has 4 rings (SSSR count). The van der Waals surface area contributed by atoms with Crippen molar-refractivity contribution >= 4 is 28.5 Å². The van der Waals surface area contributed by atoms with Gasteiger partial charge in [-0.15, -0.1) is 0 Å². The smallest absolute Gasteiger partial charge is 0.251 e. The Kier molecular flexibility index (Phi) is 7.38. The van der Waals surface area contributed by atoms with E-state index in [0.717, 1.165) is 41.0 Å². The highest BCUT2D eigenvalue weighted by atomic mass is 16.2. The number of benzene rings is 3. The summed E-state index contributed by atoms with van der Waals surface area (Å²) in [4.78, 5) is 30.0. The van der Waals surface area contributed by atoms with E-state index in [1.165, 1.54) is 5.56 Å². The zero-order valence-corrected chi connectivity index (χ0v) is 19.7. The number of hydrogen-bond acceptors (Lipinski definition) is 3. The number of carbonyl (C=O) groups is 2. The van der Waals surface area contributed by atoms with Crippen LogP contribution in [-0.4, -0.2) is 27.9 Å². The van der Waals surface area contributed by atoms with Crippen LogP contribution in [0.15, 0.2) is 72.8 Å². The lowest BCUT2D eigenvalue weighted by Crippen LogP contribution is -2.26. The first-order valence-corrected chi connectivity index (χ1v) is 11.7. The molecule has 4 aromatic rings. The summed E-state index contributed by atoms with van der Waals surface area (Å²) in [6.45, 7) is 4.75. The molecule has 1 aromatic heterocycles. The molecule has 0 spiro atoms. The van der Waals surface area contributed by atoms with Crippen molar-refractivity contribution in [3.8, 4) is 0 Å². The summed E-state index contributed by atoms with van der Waals surface area (Å²) in [6.07, 6.45) is 2.34. The SMILES string of the molecule is CCc1ccc(NC(=O)Cn2c(CCCNC(=O)c3ccccc3C)nc3ccccc32)cc1. The van der Waals surface area contributed by atoms with Gasteiger partial charge in [0, 0.05) is 24.2 Å². The molecule has 0 bridgehead atoms. The van der Waals surface area contributed by atoms with Crippen LogP contribution in [0.25, 0.3) is 11.0 Å². The van der Waals surface area contributed by atoms with Gasteiger partial charge >= 0.3 is 0 Å². The second kappa shape index (κ2) is 10.8. The van der Waals surface area contributed by atoms with E-state index in [-0.39, 0.29) is 18.4 Å². The molecule has 0 saturated carbocycles. The van der Waals surface area contributed by atoms with Crippen molar-refractivity contribution in [1.82, 2.24) is 14.9 Å². The van der Waals surface area contributed by atoms with E-state index in [1.54, 1.807) is 0 Å². The number of aromatic nitrogens is 2. The van der Waals surface area contributed by atoms with Gasteiger partial charge in [-0.3, -0.25) is 9.59 Å². The van der Waals surface area contributed by atoms with E-state index in [1.807, 2.05) is 84.3 Å². The van der Waals surface area contributed by atoms with E-state index in [4.69, 9.17) is 4.98 Å². The number of carbonyl (C=O) groups excluding carboxylic acids is 2. The molecule has 2 N–H and O–H groups in total. The number of imidazole rings is 1. The number of fused-ring (bicyclic) bond motifs is 1. The lowest BCUT2D eigenvalue weighted by molar-refractivity contribution is -0.116. The lowest BCUT2D eigenvalue weighted by Gasteiger charge is -2.11. The first kappa shape index (κ1) is 23.2. The molecule has 0 aliphatic heterocycles. The van der Waals surface area contributed by atoms with Gasteiger partial charge in [0.2, 0.25) is 5.91 Å². The number of nitrogens with one attached hydrogen (secondary N) is 2. The van der Waals surface area contributed by atoms with Crippen LogP contribution in [-0.2, 0) is 24.2 Å². The van der Waals surface area contributed by atoms with Gasteiger partial charge in [0.1, 0.15) is 12.4 Å². The third kappa shape index (κ3) is 5.52. The molecule has 0 aliphatic rings. The molecule has 2 amide bonds. The highest BCUT2D eigenvalue weighted by molar-refractivity contribution is 5.95. The Morgan fingerprint density at radius 1 is 0.941 bits per heavy atom. The van der Waals surface area contributed by atoms with E-state index in [9.17, 15) is 9.59 Å². The minimum atomic E-state index is -0.0958. The van der Waals surface area contributed by atoms with Gasteiger partial charge in [0.15, 0.2) is 0 Å². The van der Waals surface area contributed by atoms with E-state index >= 15 is 0 Å². The number of para-hydroxylation sites is 2. The summed E-state index contributed by atoms with van der Waals surface area (Å²) in [6, 6.07) is 23.3. The van der Waals surface area contributed by atoms with Crippen molar-refractivity contribution < 1.29 is 9.59 Å². The number of aryl methyl sites for hydroxylation is 3.